The Morgan fingerprint density at radius 3 is 2.34 bits per heavy atom. The number of carbonyl (C=O) groups is 3. The summed E-state index contributed by atoms with van der Waals surface area (Å²) in [6, 6.07) is -0.509. The lowest BCUT2D eigenvalue weighted by Gasteiger charge is -2.37. The lowest BCUT2D eigenvalue weighted by Crippen LogP contribution is -2.59. The van der Waals surface area contributed by atoms with Gasteiger partial charge in [0.15, 0.2) is 0 Å². The summed E-state index contributed by atoms with van der Waals surface area (Å²) in [4.78, 5) is 42.7. The maximum absolute atomic E-state index is 13.9. The second-order valence-corrected chi connectivity index (χ2v) is 11.5. The molecule has 3 amide bonds. The smallest absolute Gasteiger partial charge is 0.246 e. The number of hydrogen-bond acceptors (Lipinski definition) is 4. The average Bonchev–Trinajstić information content (AvgIpc) is 3.48. The summed E-state index contributed by atoms with van der Waals surface area (Å²) in [5.41, 5.74) is -1.47. The molecular weight excluding hydrogens is 406 g/mol. The molecule has 4 fully saturated rings. The van der Waals surface area contributed by atoms with Crippen LogP contribution < -0.4 is 10.6 Å². The van der Waals surface area contributed by atoms with Crippen LogP contribution in [0, 0.1) is 11.8 Å². The lowest BCUT2D eigenvalue weighted by atomic mass is 9.74. The molecule has 176 valence electrons. The SMILES string of the molecule is CC(C)(C)NC(=O)[C@H]1N(C2CCCC2)C(=O)[C@H]2[C@@H](C(=O)NC3CCCCC3)[C@H]3C=C[C@]21O3. The van der Waals surface area contributed by atoms with Crippen molar-refractivity contribution < 1.29 is 19.1 Å². The molecule has 5 rings (SSSR count). The van der Waals surface area contributed by atoms with E-state index in [0.29, 0.717) is 0 Å². The second-order valence-electron chi connectivity index (χ2n) is 11.5. The Balaban J connectivity index is 1.46. The molecule has 5 aliphatic rings. The summed E-state index contributed by atoms with van der Waals surface area (Å²) in [7, 11) is 0. The summed E-state index contributed by atoms with van der Waals surface area (Å²) >= 11 is 0. The van der Waals surface area contributed by atoms with Gasteiger partial charge in [0.1, 0.15) is 11.6 Å². The Labute approximate surface area is 190 Å². The highest BCUT2D eigenvalue weighted by molar-refractivity contribution is 6.00. The number of likely N-dealkylation sites (tertiary alicyclic amines) is 1. The zero-order valence-electron chi connectivity index (χ0n) is 19.6. The molecule has 7 heteroatoms. The summed E-state index contributed by atoms with van der Waals surface area (Å²) in [5.74, 6) is -1.54. The van der Waals surface area contributed by atoms with Gasteiger partial charge in [-0.1, -0.05) is 44.3 Å². The molecule has 2 saturated heterocycles. The third kappa shape index (κ3) is 3.47. The van der Waals surface area contributed by atoms with Crippen molar-refractivity contribution >= 4 is 17.7 Å². The van der Waals surface area contributed by atoms with Gasteiger partial charge in [0.05, 0.1) is 17.9 Å². The van der Waals surface area contributed by atoms with Crippen molar-refractivity contribution in [2.75, 3.05) is 0 Å². The molecule has 2 N–H and O–H groups in total. The fraction of sp³-hybridized carbons (Fsp3) is 0.800. The van der Waals surface area contributed by atoms with E-state index in [2.05, 4.69) is 10.6 Å². The van der Waals surface area contributed by atoms with E-state index in [4.69, 9.17) is 4.74 Å². The van der Waals surface area contributed by atoms with Crippen LogP contribution in [0.2, 0.25) is 0 Å². The number of nitrogens with zero attached hydrogens (tertiary/aromatic N) is 1. The predicted octanol–water partition coefficient (Wildman–Crippen LogP) is 2.44. The molecule has 5 atom stereocenters. The van der Waals surface area contributed by atoms with E-state index in [9.17, 15) is 14.4 Å². The Morgan fingerprint density at radius 1 is 1.03 bits per heavy atom. The van der Waals surface area contributed by atoms with E-state index in [-0.39, 0.29) is 29.8 Å². The van der Waals surface area contributed by atoms with Crippen LogP contribution in [0.3, 0.4) is 0 Å². The molecule has 0 radical (unpaired) electrons. The Kier molecular flexibility index (Phi) is 5.38. The maximum atomic E-state index is 13.9. The Morgan fingerprint density at radius 2 is 1.69 bits per heavy atom. The van der Waals surface area contributed by atoms with E-state index < -0.39 is 35.1 Å². The Hall–Kier alpha value is -1.89. The van der Waals surface area contributed by atoms with Gasteiger partial charge in [-0.2, -0.15) is 0 Å². The molecule has 0 aromatic carbocycles. The minimum Gasteiger partial charge on any atom is -0.359 e. The maximum Gasteiger partial charge on any atom is 0.246 e. The van der Waals surface area contributed by atoms with Crippen LogP contribution in [0.4, 0.5) is 0 Å². The first kappa shape index (κ1) is 21.9. The van der Waals surface area contributed by atoms with Gasteiger partial charge in [-0.3, -0.25) is 14.4 Å². The van der Waals surface area contributed by atoms with Gasteiger partial charge >= 0.3 is 0 Å². The number of rotatable bonds is 4. The van der Waals surface area contributed by atoms with E-state index in [0.717, 1.165) is 51.4 Å². The van der Waals surface area contributed by atoms with E-state index in [1.54, 1.807) is 4.90 Å². The number of amides is 3. The molecule has 3 aliphatic heterocycles. The first-order valence-electron chi connectivity index (χ1n) is 12.5. The highest BCUT2D eigenvalue weighted by Gasteiger charge is 2.73. The van der Waals surface area contributed by atoms with Gasteiger partial charge in [0, 0.05) is 17.6 Å². The fourth-order valence-corrected chi connectivity index (χ4v) is 6.76. The molecule has 3 heterocycles. The van der Waals surface area contributed by atoms with Crippen LogP contribution in [-0.4, -0.2) is 58.0 Å². The minimum atomic E-state index is -1.05. The minimum absolute atomic E-state index is 0.0382. The van der Waals surface area contributed by atoms with Crippen LogP contribution in [0.25, 0.3) is 0 Å². The van der Waals surface area contributed by atoms with Crippen molar-refractivity contribution in [2.24, 2.45) is 11.8 Å². The quantitative estimate of drug-likeness (QED) is 0.654. The van der Waals surface area contributed by atoms with Gasteiger partial charge in [-0.25, -0.2) is 0 Å². The lowest BCUT2D eigenvalue weighted by molar-refractivity contribution is -0.144. The molecule has 2 saturated carbocycles. The first-order chi connectivity index (χ1) is 15.2. The van der Waals surface area contributed by atoms with Crippen molar-refractivity contribution in [1.82, 2.24) is 15.5 Å². The number of carbonyl (C=O) groups excluding carboxylic acids is 3. The molecule has 0 unspecified atom stereocenters. The molecule has 1 spiro atoms. The predicted molar refractivity (Wildman–Crippen MR) is 120 cm³/mol. The highest BCUT2D eigenvalue weighted by atomic mass is 16.5. The topological polar surface area (TPSA) is 87.7 Å². The molecule has 32 heavy (non-hydrogen) atoms. The summed E-state index contributed by atoms with van der Waals surface area (Å²) in [5, 5.41) is 6.31. The van der Waals surface area contributed by atoms with E-state index >= 15 is 0 Å². The monoisotopic (exact) mass is 443 g/mol. The van der Waals surface area contributed by atoms with Crippen LogP contribution in [-0.2, 0) is 19.1 Å². The van der Waals surface area contributed by atoms with Crippen LogP contribution in [0.1, 0.15) is 78.6 Å². The Bertz CT molecular complexity index is 822. The molecule has 2 bridgehead atoms. The average molecular weight is 444 g/mol. The van der Waals surface area contributed by atoms with Gasteiger partial charge < -0.3 is 20.3 Å². The molecule has 0 aromatic rings. The summed E-state index contributed by atoms with van der Waals surface area (Å²) in [6.07, 6.45) is 12.8. The zero-order valence-corrected chi connectivity index (χ0v) is 19.6. The third-order valence-electron chi connectivity index (χ3n) is 8.03. The highest BCUT2D eigenvalue weighted by Crippen LogP contribution is 2.56. The third-order valence-corrected chi connectivity index (χ3v) is 8.03. The van der Waals surface area contributed by atoms with Crippen LogP contribution in [0.5, 0.6) is 0 Å². The second kappa shape index (κ2) is 7.86. The van der Waals surface area contributed by atoms with Gasteiger partial charge in [0.2, 0.25) is 17.7 Å². The molecule has 0 aromatic heterocycles. The van der Waals surface area contributed by atoms with Crippen molar-refractivity contribution in [1.29, 1.82) is 0 Å². The normalized spacial score (nSPS) is 37.2. The van der Waals surface area contributed by atoms with Crippen LogP contribution >= 0.6 is 0 Å². The van der Waals surface area contributed by atoms with Crippen LogP contribution in [0.15, 0.2) is 12.2 Å². The first-order valence-corrected chi connectivity index (χ1v) is 12.5. The van der Waals surface area contributed by atoms with Crippen molar-refractivity contribution in [2.45, 2.75) is 114 Å². The fourth-order valence-electron chi connectivity index (χ4n) is 6.76. The summed E-state index contributed by atoms with van der Waals surface area (Å²) < 4.78 is 6.42. The van der Waals surface area contributed by atoms with Gasteiger partial charge in [-0.15, -0.1) is 0 Å². The molecule has 7 nitrogen and oxygen atoms in total. The number of hydrogen-bond donors (Lipinski definition) is 2. The van der Waals surface area contributed by atoms with Gasteiger partial charge in [-0.05, 0) is 46.5 Å². The van der Waals surface area contributed by atoms with E-state index in [1.165, 1.54) is 6.42 Å². The zero-order chi connectivity index (χ0) is 22.7. The number of ether oxygens (including phenoxy) is 1. The van der Waals surface area contributed by atoms with Crippen molar-refractivity contribution in [3.63, 3.8) is 0 Å². The largest absolute Gasteiger partial charge is 0.359 e. The molecule has 2 aliphatic carbocycles. The summed E-state index contributed by atoms with van der Waals surface area (Å²) in [6.45, 7) is 5.83. The van der Waals surface area contributed by atoms with Crippen molar-refractivity contribution in [3.8, 4) is 0 Å². The standard InChI is InChI=1S/C25H37N3O4/c1-24(2,3)27-22(30)20-25-14-13-17(32-25)18(21(29)26-15-9-5-4-6-10-15)19(25)23(31)28(20)16-11-7-8-12-16/h13-20H,4-12H2,1-3H3,(H,26,29)(H,27,30)/t17-,18+,19-,20-,25+/m1/s1. The van der Waals surface area contributed by atoms with E-state index in [1.807, 2.05) is 32.9 Å². The number of fused-ring (bicyclic) bond motifs is 1. The number of nitrogens with one attached hydrogen (secondary N) is 2. The van der Waals surface area contributed by atoms with Gasteiger partial charge in [0.25, 0.3) is 0 Å². The molecular formula is C25H37N3O4. The van der Waals surface area contributed by atoms with Crippen molar-refractivity contribution in [3.05, 3.63) is 12.2 Å².